The molecule has 0 radical (unpaired) electrons. The van der Waals surface area contributed by atoms with Gasteiger partial charge in [0.15, 0.2) is 11.5 Å². The number of carbonyl (C=O) groups excluding carboxylic acids is 1. The lowest BCUT2D eigenvalue weighted by molar-refractivity contribution is -0.111. The molecule has 0 bridgehead atoms. The van der Waals surface area contributed by atoms with Crippen LogP contribution in [0.2, 0.25) is 0 Å². The van der Waals surface area contributed by atoms with Gasteiger partial charge in [0.2, 0.25) is 12.7 Å². The minimum absolute atomic E-state index is 0.204. The Morgan fingerprint density at radius 3 is 2.74 bits per heavy atom. The minimum Gasteiger partial charge on any atom is -0.454 e. The topological polar surface area (TPSA) is 65.4 Å². The zero-order chi connectivity index (χ0) is 18.8. The van der Waals surface area contributed by atoms with Crippen LogP contribution in [0.1, 0.15) is 11.3 Å². The highest BCUT2D eigenvalue weighted by Crippen LogP contribution is 2.32. The second kappa shape index (κ2) is 6.95. The number of rotatable bonds is 4. The maximum Gasteiger partial charge on any atom is 0.249 e. The first-order valence-electron chi connectivity index (χ1n) is 8.30. The Hall–Kier alpha value is -3.61. The van der Waals surface area contributed by atoms with Gasteiger partial charge in [-0.25, -0.2) is 9.07 Å². The van der Waals surface area contributed by atoms with Crippen molar-refractivity contribution in [2.24, 2.45) is 0 Å². The van der Waals surface area contributed by atoms with Crippen LogP contribution in [0.25, 0.3) is 11.8 Å². The molecule has 3 aromatic rings. The average molecular weight is 365 g/mol. The average Bonchev–Trinajstić information content (AvgIpc) is 3.26. The van der Waals surface area contributed by atoms with Crippen LogP contribution in [-0.4, -0.2) is 22.5 Å². The van der Waals surface area contributed by atoms with Crippen molar-refractivity contribution in [3.8, 4) is 17.2 Å². The fourth-order valence-corrected chi connectivity index (χ4v) is 2.72. The van der Waals surface area contributed by atoms with E-state index in [9.17, 15) is 9.18 Å². The number of amides is 1. The van der Waals surface area contributed by atoms with Crippen LogP contribution < -0.4 is 14.8 Å². The third-order valence-electron chi connectivity index (χ3n) is 3.98. The molecule has 7 heteroatoms. The molecule has 0 saturated heterocycles. The van der Waals surface area contributed by atoms with Crippen LogP contribution in [-0.2, 0) is 4.79 Å². The van der Waals surface area contributed by atoms with Crippen molar-refractivity contribution in [3.05, 3.63) is 71.7 Å². The van der Waals surface area contributed by atoms with Gasteiger partial charge in [0.1, 0.15) is 11.6 Å². The first-order valence-corrected chi connectivity index (χ1v) is 8.30. The first kappa shape index (κ1) is 16.8. The summed E-state index contributed by atoms with van der Waals surface area (Å²) in [5, 5.41) is 7.14. The van der Waals surface area contributed by atoms with E-state index in [-0.39, 0.29) is 18.5 Å². The van der Waals surface area contributed by atoms with E-state index in [4.69, 9.17) is 9.47 Å². The van der Waals surface area contributed by atoms with Crippen LogP contribution in [0.5, 0.6) is 11.5 Å². The number of aromatic nitrogens is 2. The third kappa shape index (κ3) is 3.67. The zero-order valence-corrected chi connectivity index (χ0v) is 14.5. The Balaban J connectivity index is 1.51. The molecular formula is C20H16FN3O3. The third-order valence-corrected chi connectivity index (χ3v) is 3.98. The van der Waals surface area contributed by atoms with E-state index in [1.54, 1.807) is 41.1 Å². The summed E-state index contributed by atoms with van der Waals surface area (Å²) in [5.74, 6) is 1.20. The molecule has 2 aromatic carbocycles. The standard InChI is InChI=1S/C20H16FN3O3/c1-13-10-19(24(23-13)16-6-4-15(21)5-7-16)22-20(25)9-3-14-2-8-17-18(11-14)27-12-26-17/h2-11H,12H2,1H3,(H,22,25)/b9-3+. The Kier molecular flexibility index (Phi) is 4.33. The number of nitrogens with one attached hydrogen (secondary N) is 1. The smallest absolute Gasteiger partial charge is 0.249 e. The summed E-state index contributed by atoms with van der Waals surface area (Å²) >= 11 is 0. The summed E-state index contributed by atoms with van der Waals surface area (Å²) in [5.41, 5.74) is 2.20. The Labute approximate surface area is 154 Å². The molecule has 0 spiro atoms. The van der Waals surface area contributed by atoms with E-state index in [1.165, 1.54) is 18.2 Å². The molecule has 1 amide bonds. The number of carbonyl (C=O) groups is 1. The summed E-state index contributed by atoms with van der Waals surface area (Å²) < 4.78 is 25.3. The number of fused-ring (bicyclic) bond motifs is 1. The maximum absolute atomic E-state index is 13.1. The molecule has 0 unspecified atom stereocenters. The summed E-state index contributed by atoms with van der Waals surface area (Å²) in [6.45, 7) is 2.02. The predicted octanol–water partition coefficient (Wildman–Crippen LogP) is 3.70. The van der Waals surface area contributed by atoms with Crippen LogP contribution in [0.15, 0.2) is 54.6 Å². The van der Waals surface area contributed by atoms with Gasteiger partial charge in [-0.1, -0.05) is 6.07 Å². The molecule has 0 saturated carbocycles. The molecule has 2 heterocycles. The molecule has 0 aliphatic carbocycles. The van der Waals surface area contributed by atoms with Gasteiger partial charge >= 0.3 is 0 Å². The van der Waals surface area contributed by atoms with E-state index >= 15 is 0 Å². The van der Waals surface area contributed by atoms with Gasteiger partial charge in [0.25, 0.3) is 0 Å². The van der Waals surface area contributed by atoms with E-state index in [1.807, 2.05) is 13.0 Å². The molecule has 1 aliphatic heterocycles. The molecule has 0 fully saturated rings. The van der Waals surface area contributed by atoms with Crippen molar-refractivity contribution in [1.82, 2.24) is 9.78 Å². The summed E-state index contributed by atoms with van der Waals surface area (Å²) in [4.78, 5) is 12.3. The molecule has 6 nitrogen and oxygen atoms in total. The summed E-state index contributed by atoms with van der Waals surface area (Å²) in [7, 11) is 0. The molecule has 1 aromatic heterocycles. The molecule has 136 valence electrons. The molecule has 1 aliphatic rings. The van der Waals surface area contributed by atoms with Gasteiger partial charge in [-0.15, -0.1) is 0 Å². The van der Waals surface area contributed by atoms with E-state index in [2.05, 4.69) is 10.4 Å². The Bertz CT molecular complexity index is 1030. The number of benzene rings is 2. The second-order valence-corrected chi connectivity index (χ2v) is 5.99. The quantitative estimate of drug-likeness (QED) is 0.716. The monoisotopic (exact) mass is 365 g/mol. The van der Waals surface area contributed by atoms with Gasteiger partial charge in [-0.05, 0) is 55.0 Å². The number of hydrogen-bond acceptors (Lipinski definition) is 4. The number of ether oxygens (including phenoxy) is 2. The molecule has 4 rings (SSSR count). The highest BCUT2D eigenvalue weighted by Gasteiger charge is 2.13. The molecule has 27 heavy (non-hydrogen) atoms. The first-order chi connectivity index (χ1) is 13.1. The van der Waals surface area contributed by atoms with Gasteiger partial charge < -0.3 is 14.8 Å². The van der Waals surface area contributed by atoms with Crippen molar-refractivity contribution >= 4 is 17.8 Å². The van der Waals surface area contributed by atoms with E-state index in [0.29, 0.717) is 23.0 Å². The van der Waals surface area contributed by atoms with Crippen LogP contribution in [0, 0.1) is 12.7 Å². The normalized spacial score (nSPS) is 12.5. The highest BCUT2D eigenvalue weighted by atomic mass is 19.1. The van der Waals surface area contributed by atoms with E-state index < -0.39 is 0 Å². The number of anilines is 1. The van der Waals surface area contributed by atoms with Crippen molar-refractivity contribution in [3.63, 3.8) is 0 Å². The molecular weight excluding hydrogens is 349 g/mol. The van der Waals surface area contributed by atoms with Gasteiger partial charge in [-0.2, -0.15) is 5.10 Å². The summed E-state index contributed by atoms with van der Waals surface area (Å²) in [6.07, 6.45) is 3.11. The number of halogens is 1. The second-order valence-electron chi connectivity index (χ2n) is 5.99. The summed E-state index contributed by atoms with van der Waals surface area (Å²) in [6, 6.07) is 13.1. The zero-order valence-electron chi connectivity index (χ0n) is 14.5. The predicted molar refractivity (Wildman–Crippen MR) is 98.5 cm³/mol. The van der Waals surface area contributed by atoms with Crippen LogP contribution in [0.4, 0.5) is 10.2 Å². The lowest BCUT2D eigenvalue weighted by atomic mass is 10.2. The minimum atomic E-state index is -0.333. The molecule has 0 atom stereocenters. The Morgan fingerprint density at radius 1 is 1.15 bits per heavy atom. The number of aryl methyl sites for hydroxylation is 1. The number of nitrogens with zero attached hydrogens (tertiary/aromatic N) is 2. The fraction of sp³-hybridized carbons (Fsp3) is 0.100. The van der Waals surface area contributed by atoms with Crippen molar-refractivity contribution in [2.45, 2.75) is 6.92 Å². The molecule has 1 N–H and O–H groups in total. The van der Waals surface area contributed by atoms with Crippen LogP contribution in [0.3, 0.4) is 0 Å². The van der Waals surface area contributed by atoms with Gasteiger partial charge in [-0.3, -0.25) is 4.79 Å². The lowest BCUT2D eigenvalue weighted by Crippen LogP contribution is -2.12. The van der Waals surface area contributed by atoms with Crippen molar-refractivity contribution < 1.29 is 18.7 Å². The van der Waals surface area contributed by atoms with Crippen molar-refractivity contribution in [1.29, 1.82) is 0 Å². The van der Waals surface area contributed by atoms with Crippen molar-refractivity contribution in [2.75, 3.05) is 12.1 Å². The van der Waals surface area contributed by atoms with E-state index in [0.717, 1.165) is 11.3 Å². The number of hydrogen-bond donors (Lipinski definition) is 1. The van der Waals surface area contributed by atoms with Gasteiger partial charge in [0, 0.05) is 12.1 Å². The maximum atomic E-state index is 13.1. The van der Waals surface area contributed by atoms with Crippen LogP contribution >= 0.6 is 0 Å². The van der Waals surface area contributed by atoms with Gasteiger partial charge in [0.05, 0.1) is 11.4 Å². The fourth-order valence-electron chi connectivity index (χ4n) is 2.72. The SMILES string of the molecule is Cc1cc(NC(=O)/C=C/c2ccc3c(c2)OCO3)n(-c2ccc(F)cc2)n1. The lowest BCUT2D eigenvalue weighted by Gasteiger charge is -2.07. The largest absolute Gasteiger partial charge is 0.454 e. The highest BCUT2D eigenvalue weighted by molar-refractivity contribution is 6.01. The Morgan fingerprint density at radius 2 is 1.93 bits per heavy atom.